The summed E-state index contributed by atoms with van der Waals surface area (Å²) in [4.78, 5) is 15.5. The predicted molar refractivity (Wildman–Crippen MR) is 65.8 cm³/mol. The third-order valence-corrected chi connectivity index (χ3v) is 2.19. The summed E-state index contributed by atoms with van der Waals surface area (Å²) >= 11 is 0. The lowest BCUT2D eigenvalue weighted by Crippen LogP contribution is -2.33. The lowest BCUT2D eigenvalue weighted by Gasteiger charge is -2.19. The summed E-state index contributed by atoms with van der Waals surface area (Å²) in [6.07, 6.45) is 4.00. The van der Waals surface area contributed by atoms with Gasteiger partial charge in [0.15, 0.2) is 0 Å². The second-order valence-electron chi connectivity index (χ2n) is 4.85. The minimum atomic E-state index is -0.449. The van der Waals surface area contributed by atoms with Gasteiger partial charge in [0.05, 0.1) is 6.33 Å². The van der Waals surface area contributed by atoms with Gasteiger partial charge < -0.3 is 14.6 Å². The Morgan fingerprint density at radius 1 is 1.53 bits per heavy atom. The number of aromatic nitrogens is 2. The molecule has 1 aromatic rings. The first-order valence-electron chi connectivity index (χ1n) is 5.88. The molecule has 0 aliphatic carbocycles. The molecule has 5 heteroatoms. The Hall–Kier alpha value is -1.52. The normalized spacial score (nSPS) is 11.3. The summed E-state index contributed by atoms with van der Waals surface area (Å²) in [6.45, 7) is 9.05. The number of rotatable bonds is 4. The highest BCUT2D eigenvalue weighted by atomic mass is 16.6. The average Bonchev–Trinajstić information content (AvgIpc) is 2.62. The van der Waals surface area contributed by atoms with Gasteiger partial charge in [-0.2, -0.15) is 0 Å². The number of nitrogens with zero attached hydrogens (tertiary/aromatic N) is 2. The van der Waals surface area contributed by atoms with Crippen LogP contribution in [0.1, 0.15) is 33.4 Å². The number of carbonyl (C=O) groups is 1. The number of hydrogen-bond acceptors (Lipinski definition) is 3. The molecule has 1 aromatic heterocycles. The van der Waals surface area contributed by atoms with Gasteiger partial charge >= 0.3 is 6.09 Å². The molecule has 0 aliphatic heterocycles. The number of alkyl carbamates (subject to hydrolysis) is 1. The fraction of sp³-hybridized carbons (Fsp3) is 0.667. The standard InChI is InChI=1S/C12H21N3O2/c1-5-15-9-13-8-10(15)6-7-14-11(16)17-12(2,3)4/h8-9H,5-7H2,1-4H3,(H,14,16). The first-order valence-corrected chi connectivity index (χ1v) is 5.88. The summed E-state index contributed by atoms with van der Waals surface area (Å²) in [5.74, 6) is 0. The molecule has 17 heavy (non-hydrogen) atoms. The van der Waals surface area contributed by atoms with Gasteiger partial charge in [-0.15, -0.1) is 0 Å². The minimum absolute atomic E-state index is 0.375. The van der Waals surface area contributed by atoms with Crippen LogP contribution in [-0.4, -0.2) is 27.8 Å². The molecular formula is C12H21N3O2. The molecule has 0 saturated carbocycles. The Morgan fingerprint density at radius 3 is 2.82 bits per heavy atom. The molecule has 1 rings (SSSR count). The molecule has 0 unspecified atom stereocenters. The maximum absolute atomic E-state index is 11.4. The zero-order valence-electron chi connectivity index (χ0n) is 11.0. The average molecular weight is 239 g/mol. The molecule has 0 saturated heterocycles. The SMILES string of the molecule is CCn1cncc1CCNC(=O)OC(C)(C)C. The van der Waals surface area contributed by atoms with Gasteiger partial charge in [-0.05, 0) is 27.7 Å². The number of hydrogen-bond donors (Lipinski definition) is 1. The van der Waals surface area contributed by atoms with E-state index in [9.17, 15) is 4.79 Å². The van der Waals surface area contributed by atoms with Crippen molar-refractivity contribution < 1.29 is 9.53 Å². The largest absolute Gasteiger partial charge is 0.444 e. The Balaban J connectivity index is 2.31. The Kier molecular flexibility index (Phi) is 4.54. The third kappa shape index (κ3) is 4.89. The van der Waals surface area contributed by atoms with Crippen LogP contribution in [0.3, 0.4) is 0 Å². The van der Waals surface area contributed by atoms with E-state index in [2.05, 4.69) is 21.8 Å². The van der Waals surface area contributed by atoms with Crippen LogP contribution in [0.4, 0.5) is 4.79 Å². The van der Waals surface area contributed by atoms with Crippen LogP contribution in [0, 0.1) is 0 Å². The molecule has 1 amide bonds. The minimum Gasteiger partial charge on any atom is -0.444 e. The first-order chi connectivity index (χ1) is 7.92. The van der Waals surface area contributed by atoms with Gasteiger partial charge in [0, 0.05) is 31.4 Å². The molecule has 0 bridgehead atoms. The van der Waals surface area contributed by atoms with Crippen LogP contribution in [-0.2, 0) is 17.7 Å². The molecule has 1 heterocycles. The lowest BCUT2D eigenvalue weighted by molar-refractivity contribution is 0.0528. The molecule has 96 valence electrons. The van der Waals surface area contributed by atoms with Crippen LogP contribution >= 0.6 is 0 Å². The van der Waals surface area contributed by atoms with E-state index in [0.717, 1.165) is 18.7 Å². The first kappa shape index (κ1) is 13.5. The van der Waals surface area contributed by atoms with E-state index in [1.807, 2.05) is 27.0 Å². The second kappa shape index (κ2) is 5.70. The van der Waals surface area contributed by atoms with Gasteiger partial charge in [0.2, 0.25) is 0 Å². The maximum Gasteiger partial charge on any atom is 0.407 e. The van der Waals surface area contributed by atoms with Crippen molar-refractivity contribution in [1.82, 2.24) is 14.9 Å². The van der Waals surface area contributed by atoms with Crippen molar-refractivity contribution >= 4 is 6.09 Å². The number of ether oxygens (including phenoxy) is 1. The van der Waals surface area contributed by atoms with E-state index in [4.69, 9.17) is 4.74 Å². The summed E-state index contributed by atoms with van der Waals surface area (Å²) in [5.41, 5.74) is 0.665. The molecule has 5 nitrogen and oxygen atoms in total. The van der Waals surface area contributed by atoms with Crippen molar-refractivity contribution in [2.24, 2.45) is 0 Å². The van der Waals surface area contributed by atoms with Crippen molar-refractivity contribution in [2.45, 2.75) is 46.3 Å². The quantitative estimate of drug-likeness (QED) is 0.874. The van der Waals surface area contributed by atoms with Crippen molar-refractivity contribution in [1.29, 1.82) is 0 Å². The summed E-state index contributed by atoms with van der Waals surface area (Å²) in [6, 6.07) is 0. The molecule has 0 atom stereocenters. The van der Waals surface area contributed by atoms with Crippen LogP contribution in [0.25, 0.3) is 0 Å². The molecule has 0 radical (unpaired) electrons. The predicted octanol–water partition coefficient (Wildman–Crippen LogP) is 1.97. The Labute approximate surface area is 102 Å². The second-order valence-corrected chi connectivity index (χ2v) is 4.85. The van der Waals surface area contributed by atoms with E-state index < -0.39 is 5.60 Å². The maximum atomic E-state index is 11.4. The zero-order valence-corrected chi connectivity index (χ0v) is 11.0. The van der Waals surface area contributed by atoms with Gasteiger partial charge in [-0.25, -0.2) is 9.78 Å². The van der Waals surface area contributed by atoms with Crippen LogP contribution in [0.5, 0.6) is 0 Å². The Morgan fingerprint density at radius 2 is 2.24 bits per heavy atom. The Bertz CT molecular complexity index is 366. The van der Waals surface area contributed by atoms with E-state index in [1.165, 1.54) is 0 Å². The number of aryl methyl sites for hydroxylation is 1. The molecule has 1 N–H and O–H groups in total. The van der Waals surface area contributed by atoms with E-state index >= 15 is 0 Å². The number of nitrogens with one attached hydrogen (secondary N) is 1. The highest BCUT2D eigenvalue weighted by molar-refractivity contribution is 5.67. The van der Waals surface area contributed by atoms with Gasteiger partial charge in [-0.3, -0.25) is 0 Å². The molecule has 0 aliphatic rings. The summed E-state index contributed by atoms with van der Waals surface area (Å²) < 4.78 is 7.19. The topological polar surface area (TPSA) is 56.2 Å². The smallest absolute Gasteiger partial charge is 0.407 e. The number of amides is 1. The van der Waals surface area contributed by atoms with Gasteiger partial charge in [0.1, 0.15) is 5.60 Å². The number of imidazole rings is 1. The lowest BCUT2D eigenvalue weighted by atomic mass is 10.2. The van der Waals surface area contributed by atoms with E-state index in [-0.39, 0.29) is 6.09 Å². The highest BCUT2D eigenvalue weighted by Gasteiger charge is 2.15. The fourth-order valence-electron chi connectivity index (χ4n) is 1.45. The zero-order chi connectivity index (χ0) is 12.9. The van der Waals surface area contributed by atoms with Crippen molar-refractivity contribution in [3.05, 3.63) is 18.2 Å². The fourth-order valence-corrected chi connectivity index (χ4v) is 1.45. The molecule has 0 spiro atoms. The molecule has 0 aromatic carbocycles. The van der Waals surface area contributed by atoms with Gasteiger partial charge in [-0.1, -0.05) is 0 Å². The van der Waals surface area contributed by atoms with Crippen LogP contribution in [0.15, 0.2) is 12.5 Å². The van der Waals surface area contributed by atoms with Crippen molar-refractivity contribution in [3.63, 3.8) is 0 Å². The van der Waals surface area contributed by atoms with Gasteiger partial charge in [0.25, 0.3) is 0 Å². The van der Waals surface area contributed by atoms with Crippen molar-refractivity contribution in [3.8, 4) is 0 Å². The van der Waals surface area contributed by atoms with Crippen LogP contribution in [0.2, 0.25) is 0 Å². The number of carbonyl (C=O) groups excluding carboxylic acids is 1. The van der Waals surface area contributed by atoms with Crippen molar-refractivity contribution in [2.75, 3.05) is 6.54 Å². The third-order valence-electron chi connectivity index (χ3n) is 2.19. The summed E-state index contributed by atoms with van der Waals surface area (Å²) in [7, 11) is 0. The van der Waals surface area contributed by atoms with E-state index in [1.54, 1.807) is 6.33 Å². The summed E-state index contributed by atoms with van der Waals surface area (Å²) in [5, 5.41) is 2.73. The molecular weight excluding hydrogens is 218 g/mol. The van der Waals surface area contributed by atoms with Crippen LogP contribution < -0.4 is 5.32 Å². The monoisotopic (exact) mass is 239 g/mol. The molecule has 0 fully saturated rings. The highest BCUT2D eigenvalue weighted by Crippen LogP contribution is 2.06. The van der Waals surface area contributed by atoms with E-state index in [0.29, 0.717) is 6.54 Å².